The predicted molar refractivity (Wildman–Crippen MR) is 157 cm³/mol. The number of rotatable bonds is 17. The van der Waals surface area contributed by atoms with Gasteiger partial charge in [0.25, 0.3) is 0 Å². The second-order valence-electron chi connectivity index (χ2n) is 13.5. The van der Waals surface area contributed by atoms with Crippen LogP contribution in [0.5, 0.6) is 0 Å². The molecule has 204 valence electrons. The topological polar surface area (TPSA) is 0 Å². The Morgan fingerprint density at radius 2 is 0.800 bits per heavy atom. The molecule has 0 aromatic rings. The first-order chi connectivity index (χ1) is 17.3. The Bertz CT molecular complexity index is 496. The van der Waals surface area contributed by atoms with Gasteiger partial charge >= 0.3 is 0 Å². The molecule has 0 aliphatic heterocycles. The van der Waals surface area contributed by atoms with Crippen LogP contribution in [0.3, 0.4) is 0 Å². The average molecular weight is 485 g/mol. The van der Waals surface area contributed by atoms with E-state index in [-0.39, 0.29) is 0 Å². The Balaban J connectivity index is 1.15. The van der Waals surface area contributed by atoms with E-state index < -0.39 is 0 Å². The smallest absolute Gasteiger partial charge is 0.0351 e. The number of hydrogen-bond donors (Lipinski definition) is 0. The van der Waals surface area contributed by atoms with Crippen molar-refractivity contribution in [3.8, 4) is 0 Å². The molecule has 0 spiro atoms. The molecule has 0 amide bonds. The molecule has 0 saturated heterocycles. The molecule has 0 nitrogen and oxygen atoms in total. The van der Waals surface area contributed by atoms with E-state index in [1.807, 2.05) is 0 Å². The molecule has 3 rings (SSSR count). The molecule has 0 N–H and O–H groups in total. The third kappa shape index (κ3) is 11.8. The van der Waals surface area contributed by atoms with Crippen LogP contribution in [0.4, 0.5) is 0 Å². The average Bonchev–Trinajstić information content (AvgIpc) is 2.91. The zero-order chi connectivity index (χ0) is 24.6. The lowest BCUT2D eigenvalue weighted by molar-refractivity contribution is 0.139. The summed E-state index contributed by atoms with van der Waals surface area (Å²) in [6.45, 7) is 6.22. The first-order valence-corrected chi connectivity index (χ1v) is 16.9. The van der Waals surface area contributed by atoms with Crippen molar-refractivity contribution in [1.82, 2.24) is 0 Å². The lowest BCUT2D eigenvalue weighted by Gasteiger charge is -2.38. The maximum Gasteiger partial charge on any atom is -0.0351 e. The van der Waals surface area contributed by atoms with Gasteiger partial charge < -0.3 is 0 Å². The van der Waals surface area contributed by atoms with Crippen LogP contribution in [0, 0.1) is 35.5 Å². The van der Waals surface area contributed by atoms with Gasteiger partial charge in [-0.1, -0.05) is 141 Å². The van der Waals surface area contributed by atoms with Crippen LogP contribution in [0.15, 0.2) is 12.7 Å². The second-order valence-corrected chi connectivity index (χ2v) is 13.5. The Morgan fingerprint density at radius 1 is 0.457 bits per heavy atom. The van der Waals surface area contributed by atoms with E-state index in [2.05, 4.69) is 19.6 Å². The lowest BCUT2D eigenvalue weighted by Crippen LogP contribution is -2.26. The molecular formula is C35H64. The van der Waals surface area contributed by atoms with Gasteiger partial charge in [0, 0.05) is 0 Å². The zero-order valence-electron chi connectivity index (χ0n) is 24.1. The normalized spacial score (nSPS) is 31.9. The fourth-order valence-corrected chi connectivity index (χ4v) is 8.32. The summed E-state index contributed by atoms with van der Waals surface area (Å²) in [4.78, 5) is 0. The molecule has 3 saturated carbocycles. The van der Waals surface area contributed by atoms with E-state index in [4.69, 9.17) is 0 Å². The molecule has 0 aromatic heterocycles. The third-order valence-corrected chi connectivity index (χ3v) is 10.9. The minimum absolute atomic E-state index is 1.01. The fraction of sp³-hybridized carbons (Fsp3) is 0.943. The van der Waals surface area contributed by atoms with Crippen molar-refractivity contribution < 1.29 is 0 Å². The third-order valence-electron chi connectivity index (χ3n) is 10.9. The van der Waals surface area contributed by atoms with E-state index in [0.717, 1.165) is 35.5 Å². The molecule has 0 heteroatoms. The maximum absolute atomic E-state index is 3.90. The first kappa shape index (κ1) is 29.3. The summed E-state index contributed by atoms with van der Waals surface area (Å²) in [6.07, 6.45) is 41.3. The molecule has 0 atom stereocenters. The number of hydrogen-bond acceptors (Lipinski definition) is 0. The van der Waals surface area contributed by atoms with Gasteiger partial charge in [-0.25, -0.2) is 0 Å². The summed E-state index contributed by atoms with van der Waals surface area (Å²) in [6, 6.07) is 0. The van der Waals surface area contributed by atoms with Crippen molar-refractivity contribution in [2.24, 2.45) is 35.5 Å². The number of unbranched alkanes of at least 4 members (excludes halogenated alkanes) is 7. The monoisotopic (exact) mass is 485 g/mol. The summed E-state index contributed by atoms with van der Waals surface area (Å²) >= 11 is 0. The Labute approximate surface area is 221 Å². The molecule has 3 fully saturated rings. The highest BCUT2D eigenvalue weighted by Gasteiger charge is 2.30. The summed E-state index contributed by atoms with van der Waals surface area (Å²) in [5.41, 5.74) is 0. The summed E-state index contributed by atoms with van der Waals surface area (Å²) in [7, 11) is 0. The van der Waals surface area contributed by atoms with Gasteiger partial charge in [-0.05, 0) is 74.0 Å². The maximum atomic E-state index is 3.90. The largest absolute Gasteiger partial charge is 0.103 e. The van der Waals surface area contributed by atoms with Crippen molar-refractivity contribution in [3.63, 3.8) is 0 Å². The molecular weight excluding hydrogens is 420 g/mol. The van der Waals surface area contributed by atoms with Crippen molar-refractivity contribution in [3.05, 3.63) is 12.7 Å². The van der Waals surface area contributed by atoms with Crippen LogP contribution in [-0.2, 0) is 0 Å². The van der Waals surface area contributed by atoms with Gasteiger partial charge in [-0.2, -0.15) is 0 Å². The Morgan fingerprint density at radius 3 is 1.23 bits per heavy atom. The van der Waals surface area contributed by atoms with Crippen molar-refractivity contribution in [1.29, 1.82) is 0 Å². The summed E-state index contributed by atoms with van der Waals surface area (Å²) < 4.78 is 0. The van der Waals surface area contributed by atoms with Crippen LogP contribution in [-0.4, -0.2) is 0 Å². The van der Waals surface area contributed by atoms with Gasteiger partial charge in [0.05, 0.1) is 0 Å². The Hall–Kier alpha value is -0.260. The van der Waals surface area contributed by atoms with Gasteiger partial charge in [-0.3, -0.25) is 0 Å². The fourth-order valence-electron chi connectivity index (χ4n) is 8.32. The molecule has 35 heavy (non-hydrogen) atoms. The minimum atomic E-state index is 1.01. The van der Waals surface area contributed by atoms with Gasteiger partial charge in [0.15, 0.2) is 0 Å². The van der Waals surface area contributed by atoms with Crippen LogP contribution in [0.2, 0.25) is 0 Å². The van der Waals surface area contributed by atoms with Crippen LogP contribution in [0.25, 0.3) is 0 Å². The molecule has 0 heterocycles. The molecule has 0 bridgehead atoms. The standard InChI is InChI=1S/C35H64/c1-3-5-7-8-9-10-11-15-32-22-26-34(27-23-32)35-28-24-33(25-29-35)17-13-12-16-31-20-18-30(19-21-31)14-6-4-2/h4,30-35H,2-3,5-29H2,1H3/t30-,31-,32-,33?,34-,35?. The SMILES string of the molecule is C=CCC[C@H]1CC[C@H](CCCCC2CCC([C@H]3CC[C@H](CCCCCCCCC)CC3)CC2)CC1. The van der Waals surface area contributed by atoms with E-state index in [0.29, 0.717) is 0 Å². The zero-order valence-corrected chi connectivity index (χ0v) is 24.1. The van der Waals surface area contributed by atoms with E-state index in [1.165, 1.54) is 103 Å². The lowest BCUT2D eigenvalue weighted by atomic mass is 9.68. The van der Waals surface area contributed by atoms with E-state index in [9.17, 15) is 0 Å². The minimum Gasteiger partial charge on any atom is -0.103 e. The highest BCUT2D eigenvalue weighted by molar-refractivity contribution is 4.82. The van der Waals surface area contributed by atoms with Crippen molar-refractivity contribution in [2.45, 2.75) is 174 Å². The second kappa shape index (κ2) is 18.1. The number of allylic oxidation sites excluding steroid dienone is 1. The molecule has 3 aliphatic rings. The van der Waals surface area contributed by atoms with Crippen molar-refractivity contribution >= 4 is 0 Å². The van der Waals surface area contributed by atoms with Crippen LogP contribution in [0.1, 0.15) is 174 Å². The van der Waals surface area contributed by atoms with Gasteiger partial charge in [-0.15, -0.1) is 6.58 Å². The van der Waals surface area contributed by atoms with Gasteiger partial charge in [0.2, 0.25) is 0 Å². The molecule has 0 radical (unpaired) electrons. The first-order valence-electron chi connectivity index (χ1n) is 16.9. The highest BCUT2D eigenvalue weighted by Crippen LogP contribution is 2.43. The molecule has 3 aliphatic carbocycles. The predicted octanol–water partition coefficient (Wildman–Crippen LogP) is 12.1. The van der Waals surface area contributed by atoms with Crippen molar-refractivity contribution in [2.75, 3.05) is 0 Å². The van der Waals surface area contributed by atoms with Crippen LogP contribution >= 0.6 is 0 Å². The Kier molecular flexibility index (Phi) is 15.1. The van der Waals surface area contributed by atoms with Crippen LogP contribution < -0.4 is 0 Å². The van der Waals surface area contributed by atoms with E-state index in [1.54, 1.807) is 64.2 Å². The molecule has 0 unspecified atom stereocenters. The summed E-state index contributed by atoms with van der Waals surface area (Å²) in [5.74, 6) is 6.44. The van der Waals surface area contributed by atoms with Gasteiger partial charge in [0.1, 0.15) is 0 Å². The highest BCUT2D eigenvalue weighted by atomic mass is 14.4. The quantitative estimate of drug-likeness (QED) is 0.142. The van der Waals surface area contributed by atoms with E-state index >= 15 is 0 Å². The molecule has 0 aromatic carbocycles. The summed E-state index contributed by atoms with van der Waals surface area (Å²) in [5, 5.41) is 0.